The molecule has 2 aromatic rings. The second kappa shape index (κ2) is 5.36. The predicted octanol–water partition coefficient (Wildman–Crippen LogP) is 3.61. The first-order valence-corrected chi connectivity index (χ1v) is 6.74. The number of nitro groups is 1. The van der Waals surface area contributed by atoms with Gasteiger partial charge in [-0.2, -0.15) is 0 Å². The molecular formula is C11H10BrN3O2S. The Kier molecular flexibility index (Phi) is 3.83. The normalized spacial score (nSPS) is 10.3. The lowest BCUT2D eigenvalue weighted by atomic mass is 10.2. The molecule has 0 aliphatic carbocycles. The molecule has 7 heteroatoms. The zero-order chi connectivity index (χ0) is 13.1. The van der Waals surface area contributed by atoms with E-state index in [1.165, 1.54) is 10.9 Å². The van der Waals surface area contributed by atoms with E-state index in [1.807, 2.05) is 11.4 Å². The van der Waals surface area contributed by atoms with Crippen LogP contribution in [0.4, 0.5) is 17.1 Å². The Balaban J connectivity index is 2.06. The Hall–Kier alpha value is -1.60. The Morgan fingerprint density at radius 1 is 1.44 bits per heavy atom. The Labute approximate surface area is 116 Å². The van der Waals surface area contributed by atoms with Crippen LogP contribution in [0.3, 0.4) is 0 Å². The molecule has 18 heavy (non-hydrogen) atoms. The second-order valence-corrected chi connectivity index (χ2v) is 5.53. The van der Waals surface area contributed by atoms with Gasteiger partial charge in [-0.15, -0.1) is 11.3 Å². The van der Waals surface area contributed by atoms with Gasteiger partial charge in [-0.3, -0.25) is 10.1 Å². The van der Waals surface area contributed by atoms with Gasteiger partial charge < -0.3 is 11.1 Å². The van der Waals surface area contributed by atoms with Gasteiger partial charge in [-0.25, -0.2) is 0 Å². The maximum absolute atomic E-state index is 10.6. The Morgan fingerprint density at radius 3 is 2.78 bits per heavy atom. The van der Waals surface area contributed by atoms with E-state index in [1.54, 1.807) is 23.5 Å². The number of nitrogens with two attached hydrogens (primary N) is 1. The first kappa shape index (κ1) is 12.8. The molecule has 0 aliphatic rings. The second-order valence-electron chi connectivity index (χ2n) is 3.62. The van der Waals surface area contributed by atoms with Gasteiger partial charge in [-0.05, 0) is 34.1 Å². The van der Waals surface area contributed by atoms with Crippen molar-refractivity contribution in [3.63, 3.8) is 0 Å². The van der Waals surface area contributed by atoms with Gasteiger partial charge in [-0.1, -0.05) is 0 Å². The fourth-order valence-corrected chi connectivity index (χ4v) is 2.86. The van der Waals surface area contributed by atoms with Crippen LogP contribution in [0.15, 0.2) is 34.1 Å². The molecule has 1 aromatic heterocycles. The van der Waals surface area contributed by atoms with Crippen molar-refractivity contribution in [2.24, 2.45) is 0 Å². The number of thiophene rings is 1. The molecule has 1 aromatic carbocycles. The summed E-state index contributed by atoms with van der Waals surface area (Å²) in [6.45, 7) is 0.660. The lowest BCUT2D eigenvalue weighted by Gasteiger charge is -2.05. The maximum Gasteiger partial charge on any atom is 0.292 e. The van der Waals surface area contributed by atoms with Gasteiger partial charge in [0.05, 0.1) is 4.92 Å². The molecule has 0 fully saturated rings. The van der Waals surface area contributed by atoms with Crippen molar-refractivity contribution in [3.8, 4) is 0 Å². The number of anilines is 2. The highest BCUT2D eigenvalue weighted by atomic mass is 79.9. The smallest absolute Gasteiger partial charge is 0.292 e. The van der Waals surface area contributed by atoms with Crippen LogP contribution in [0.25, 0.3) is 0 Å². The number of halogens is 1. The third kappa shape index (κ3) is 2.99. The summed E-state index contributed by atoms with van der Waals surface area (Å²) in [5.41, 5.74) is 6.47. The SMILES string of the molecule is Nc1cc(NCc2cc(Br)cs2)ccc1[N+](=O)[O-]. The van der Waals surface area contributed by atoms with Crippen LogP contribution in [-0.2, 0) is 6.54 Å². The molecule has 0 saturated carbocycles. The van der Waals surface area contributed by atoms with Gasteiger partial charge in [0.1, 0.15) is 5.69 Å². The number of nitrogens with zero attached hydrogens (tertiary/aromatic N) is 1. The summed E-state index contributed by atoms with van der Waals surface area (Å²) in [7, 11) is 0. The van der Waals surface area contributed by atoms with Crippen LogP contribution in [0.2, 0.25) is 0 Å². The molecule has 0 spiro atoms. The molecule has 0 saturated heterocycles. The minimum Gasteiger partial charge on any atom is -0.393 e. The number of hydrogen-bond donors (Lipinski definition) is 2. The molecular weight excluding hydrogens is 318 g/mol. The lowest BCUT2D eigenvalue weighted by Crippen LogP contribution is -2.00. The third-order valence-electron chi connectivity index (χ3n) is 2.31. The van der Waals surface area contributed by atoms with E-state index in [9.17, 15) is 10.1 Å². The number of nitrogens with one attached hydrogen (secondary N) is 1. The van der Waals surface area contributed by atoms with Crippen LogP contribution in [0.1, 0.15) is 4.88 Å². The average Bonchev–Trinajstić information content (AvgIpc) is 2.72. The largest absolute Gasteiger partial charge is 0.393 e. The minimum atomic E-state index is -0.491. The standard InChI is InChI=1S/C11H10BrN3O2S/c12-7-3-9(18-6-7)5-14-8-1-2-11(15(16)17)10(13)4-8/h1-4,6,14H,5,13H2. The summed E-state index contributed by atoms with van der Waals surface area (Å²) >= 11 is 5.02. The summed E-state index contributed by atoms with van der Waals surface area (Å²) in [5.74, 6) is 0. The number of rotatable bonds is 4. The number of nitro benzene ring substituents is 1. The monoisotopic (exact) mass is 327 g/mol. The maximum atomic E-state index is 10.6. The zero-order valence-corrected chi connectivity index (χ0v) is 11.6. The van der Waals surface area contributed by atoms with E-state index in [0.29, 0.717) is 6.54 Å². The van der Waals surface area contributed by atoms with Gasteiger partial charge in [0, 0.05) is 33.0 Å². The highest BCUT2D eigenvalue weighted by molar-refractivity contribution is 9.10. The van der Waals surface area contributed by atoms with Gasteiger partial charge in [0.2, 0.25) is 0 Å². The van der Waals surface area contributed by atoms with E-state index in [4.69, 9.17) is 5.73 Å². The van der Waals surface area contributed by atoms with E-state index >= 15 is 0 Å². The molecule has 5 nitrogen and oxygen atoms in total. The summed E-state index contributed by atoms with van der Waals surface area (Å²) in [6.07, 6.45) is 0. The summed E-state index contributed by atoms with van der Waals surface area (Å²) in [5, 5.41) is 15.8. The van der Waals surface area contributed by atoms with E-state index < -0.39 is 4.92 Å². The van der Waals surface area contributed by atoms with E-state index in [-0.39, 0.29) is 11.4 Å². The molecule has 1 heterocycles. The van der Waals surface area contributed by atoms with Gasteiger partial charge in [0.25, 0.3) is 5.69 Å². The Morgan fingerprint density at radius 2 is 2.22 bits per heavy atom. The molecule has 94 valence electrons. The summed E-state index contributed by atoms with van der Waals surface area (Å²) in [4.78, 5) is 11.3. The van der Waals surface area contributed by atoms with Crippen LogP contribution in [-0.4, -0.2) is 4.92 Å². The van der Waals surface area contributed by atoms with Crippen molar-refractivity contribution in [1.82, 2.24) is 0 Å². The topological polar surface area (TPSA) is 81.2 Å². The van der Waals surface area contributed by atoms with Crippen molar-refractivity contribution in [1.29, 1.82) is 0 Å². The molecule has 0 bridgehead atoms. The molecule has 0 unspecified atom stereocenters. The molecule has 3 N–H and O–H groups in total. The minimum absolute atomic E-state index is 0.0700. The average molecular weight is 328 g/mol. The fourth-order valence-electron chi connectivity index (χ4n) is 1.47. The highest BCUT2D eigenvalue weighted by Gasteiger charge is 2.10. The zero-order valence-electron chi connectivity index (χ0n) is 9.22. The molecule has 2 rings (SSSR count). The summed E-state index contributed by atoms with van der Waals surface area (Å²) < 4.78 is 1.05. The van der Waals surface area contributed by atoms with Crippen molar-refractivity contribution >= 4 is 44.3 Å². The van der Waals surface area contributed by atoms with Crippen molar-refractivity contribution in [2.75, 3.05) is 11.1 Å². The third-order valence-corrected chi connectivity index (χ3v) is 4.01. The first-order valence-electron chi connectivity index (χ1n) is 5.07. The molecule has 0 aliphatic heterocycles. The van der Waals surface area contributed by atoms with Crippen LogP contribution >= 0.6 is 27.3 Å². The Bertz CT molecular complexity index is 585. The number of benzene rings is 1. The van der Waals surface area contributed by atoms with E-state index in [2.05, 4.69) is 21.2 Å². The van der Waals surface area contributed by atoms with Crippen molar-refractivity contribution in [2.45, 2.75) is 6.54 Å². The van der Waals surface area contributed by atoms with Crippen LogP contribution < -0.4 is 11.1 Å². The number of nitrogen functional groups attached to an aromatic ring is 1. The van der Waals surface area contributed by atoms with E-state index in [0.717, 1.165) is 10.2 Å². The molecule has 0 atom stereocenters. The number of hydrogen-bond acceptors (Lipinski definition) is 5. The lowest BCUT2D eigenvalue weighted by molar-refractivity contribution is -0.383. The van der Waals surface area contributed by atoms with Crippen LogP contribution in [0.5, 0.6) is 0 Å². The van der Waals surface area contributed by atoms with Crippen LogP contribution in [0, 0.1) is 10.1 Å². The van der Waals surface area contributed by atoms with Gasteiger partial charge in [0.15, 0.2) is 0 Å². The molecule has 0 amide bonds. The molecule has 0 radical (unpaired) electrons. The predicted molar refractivity (Wildman–Crippen MR) is 76.9 cm³/mol. The highest BCUT2D eigenvalue weighted by Crippen LogP contribution is 2.26. The fraction of sp³-hybridized carbons (Fsp3) is 0.0909. The first-order chi connectivity index (χ1) is 8.56. The van der Waals surface area contributed by atoms with Crippen molar-refractivity contribution < 1.29 is 4.92 Å². The summed E-state index contributed by atoms with van der Waals surface area (Å²) in [6, 6.07) is 6.65. The van der Waals surface area contributed by atoms with Gasteiger partial charge >= 0.3 is 0 Å². The van der Waals surface area contributed by atoms with Crippen molar-refractivity contribution in [3.05, 3.63) is 49.1 Å². The quantitative estimate of drug-likeness (QED) is 0.510.